The maximum Gasteiger partial charge on any atom is 0.338 e. The minimum Gasteiger partial charge on any atom is -0.459 e. The number of fused-ring (bicyclic) bond motifs is 3. The number of aliphatic hydroxyl groups is 1. The van der Waals surface area contributed by atoms with E-state index in [2.05, 4.69) is 27.7 Å². The van der Waals surface area contributed by atoms with Crippen molar-refractivity contribution in [1.82, 2.24) is 0 Å². The molecule has 2 saturated carbocycles. The van der Waals surface area contributed by atoms with E-state index in [4.69, 9.17) is 23.7 Å². The molecule has 2 spiro atoms. The van der Waals surface area contributed by atoms with Crippen molar-refractivity contribution in [3.63, 3.8) is 0 Å². The zero-order valence-electron chi connectivity index (χ0n) is 24.2. The minimum absolute atomic E-state index is 0.0122. The van der Waals surface area contributed by atoms with Crippen LogP contribution in [0.3, 0.4) is 0 Å². The van der Waals surface area contributed by atoms with Gasteiger partial charge in [-0.1, -0.05) is 64.1 Å². The van der Waals surface area contributed by atoms with Crippen molar-refractivity contribution in [2.75, 3.05) is 6.61 Å². The fourth-order valence-electron chi connectivity index (χ4n) is 9.17. The smallest absolute Gasteiger partial charge is 0.338 e. The third-order valence-corrected chi connectivity index (χ3v) is 11.2. The number of hydrogen-bond donors (Lipinski definition) is 1. The number of ether oxygens (including phenoxy) is 5. The maximum atomic E-state index is 13.3. The van der Waals surface area contributed by atoms with Crippen LogP contribution in [0.5, 0.6) is 0 Å². The van der Waals surface area contributed by atoms with E-state index in [1.807, 2.05) is 31.2 Å². The number of benzene rings is 2. The van der Waals surface area contributed by atoms with Crippen molar-refractivity contribution in [2.24, 2.45) is 29.1 Å². The minimum atomic E-state index is -1.59. The van der Waals surface area contributed by atoms with E-state index in [9.17, 15) is 14.7 Å². The van der Waals surface area contributed by atoms with Gasteiger partial charge < -0.3 is 28.8 Å². The van der Waals surface area contributed by atoms with Gasteiger partial charge in [0.25, 0.3) is 0 Å². The first-order valence-corrected chi connectivity index (χ1v) is 14.7. The van der Waals surface area contributed by atoms with Crippen LogP contribution in [-0.2, 0) is 23.7 Å². The summed E-state index contributed by atoms with van der Waals surface area (Å²) < 4.78 is 31.7. The standard InChI is InChI=1S/C33H38O8/c1-19-20(2)32-28(39-32)33(36)24(30(32,5)25(19)38-27(35)23-14-10-7-11-15-23)21(3)31(41-33)17-16-29(4,40-31)18-37-26(34)22-12-8-6-9-13-22/h6-15,19-21,24-25,28,36H,16-18H2,1-5H3/t19?,20?,21-,24+,25+,28-,29-,30-,31+,32+,33+/m0/s1. The monoisotopic (exact) mass is 562 g/mol. The normalized spacial score (nSPS) is 47.1. The molecule has 0 radical (unpaired) electrons. The fourth-order valence-corrected chi connectivity index (χ4v) is 9.17. The summed E-state index contributed by atoms with van der Waals surface area (Å²) in [5.74, 6) is -4.06. The maximum absolute atomic E-state index is 13.3. The first-order chi connectivity index (χ1) is 19.4. The van der Waals surface area contributed by atoms with E-state index >= 15 is 0 Å². The summed E-state index contributed by atoms with van der Waals surface area (Å²) in [7, 11) is 0. The molecule has 0 aromatic heterocycles. The van der Waals surface area contributed by atoms with Gasteiger partial charge in [-0.05, 0) is 49.4 Å². The zero-order chi connectivity index (χ0) is 29.0. The molecular formula is C33H38O8. The second-order valence-corrected chi connectivity index (χ2v) is 13.3. The lowest BCUT2D eigenvalue weighted by Gasteiger charge is -2.42. The Morgan fingerprint density at radius 1 is 0.878 bits per heavy atom. The highest BCUT2D eigenvalue weighted by Crippen LogP contribution is 2.81. The number of epoxide rings is 1. The van der Waals surface area contributed by atoms with Crippen LogP contribution in [0.1, 0.15) is 68.2 Å². The molecule has 7 rings (SSSR count). The highest BCUT2D eigenvalue weighted by Gasteiger charge is 2.95. The second kappa shape index (κ2) is 8.63. The highest BCUT2D eigenvalue weighted by atomic mass is 16.8. The molecule has 2 aromatic rings. The molecule has 11 atom stereocenters. The Balaban J connectivity index is 1.15. The Hall–Kier alpha value is -2.78. The second-order valence-electron chi connectivity index (χ2n) is 13.3. The van der Waals surface area contributed by atoms with Crippen molar-refractivity contribution < 1.29 is 38.4 Å². The van der Waals surface area contributed by atoms with Crippen LogP contribution < -0.4 is 0 Å². The first-order valence-electron chi connectivity index (χ1n) is 14.7. The van der Waals surface area contributed by atoms with Crippen molar-refractivity contribution in [3.05, 3.63) is 71.8 Å². The third-order valence-electron chi connectivity index (χ3n) is 11.2. The molecule has 0 amide bonds. The number of carbonyl (C=O) groups is 2. The zero-order valence-corrected chi connectivity index (χ0v) is 24.2. The van der Waals surface area contributed by atoms with E-state index < -0.39 is 52.3 Å². The van der Waals surface area contributed by atoms with Gasteiger partial charge in [0.2, 0.25) is 5.79 Å². The van der Waals surface area contributed by atoms with Crippen LogP contribution >= 0.6 is 0 Å². The van der Waals surface area contributed by atoms with Gasteiger partial charge >= 0.3 is 11.9 Å². The molecule has 3 heterocycles. The Kier molecular flexibility index (Phi) is 5.70. The molecule has 8 heteroatoms. The summed E-state index contributed by atoms with van der Waals surface area (Å²) in [6.07, 6.45) is 0.0856. The molecule has 1 N–H and O–H groups in total. The van der Waals surface area contributed by atoms with Crippen LogP contribution in [0.15, 0.2) is 60.7 Å². The van der Waals surface area contributed by atoms with Crippen LogP contribution in [0.4, 0.5) is 0 Å². The number of esters is 2. The molecule has 3 saturated heterocycles. The number of carbonyl (C=O) groups excluding carboxylic acids is 2. The largest absolute Gasteiger partial charge is 0.459 e. The third kappa shape index (κ3) is 3.42. The van der Waals surface area contributed by atoms with E-state index in [1.165, 1.54) is 0 Å². The van der Waals surface area contributed by atoms with Gasteiger partial charge in [0.05, 0.1) is 11.1 Å². The Labute approximate surface area is 240 Å². The molecule has 8 nitrogen and oxygen atoms in total. The predicted octanol–water partition coefficient (Wildman–Crippen LogP) is 4.75. The van der Waals surface area contributed by atoms with Crippen LogP contribution in [0.2, 0.25) is 0 Å². The molecule has 2 unspecified atom stereocenters. The lowest BCUT2D eigenvalue weighted by atomic mass is 9.65. The number of rotatable bonds is 5. The summed E-state index contributed by atoms with van der Waals surface area (Å²) in [6.45, 7) is 10.3. The summed E-state index contributed by atoms with van der Waals surface area (Å²) in [5, 5.41) is 12.3. The quantitative estimate of drug-likeness (QED) is 0.412. The van der Waals surface area contributed by atoms with E-state index in [-0.39, 0.29) is 30.3 Å². The molecule has 218 valence electrons. The molecule has 3 aliphatic heterocycles. The molecule has 0 bridgehead atoms. The van der Waals surface area contributed by atoms with E-state index in [0.717, 1.165) is 0 Å². The van der Waals surface area contributed by atoms with E-state index in [0.29, 0.717) is 24.0 Å². The molecule has 5 aliphatic rings. The van der Waals surface area contributed by atoms with Crippen molar-refractivity contribution >= 4 is 11.9 Å². The van der Waals surface area contributed by atoms with Gasteiger partial charge in [0.1, 0.15) is 30.0 Å². The van der Waals surface area contributed by atoms with Gasteiger partial charge in [-0.15, -0.1) is 0 Å². The molecular weight excluding hydrogens is 524 g/mol. The average Bonchev–Trinajstić information content (AvgIpc) is 3.52. The Morgan fingerprint density at radius 2 is 1.49 bits per heavy atom. The topological polar surface area (TPSA) is 104 Å². The molecule has 2 aliphatic carbocycles. The van der Waals surface area contributed by atoms with Crippen LogP contribution in [0, 0.1) is 29.1 Å². The summed E-state index contributed by atoms with van der Waals surface area (Å²) in [6, 6.07) is 17.9. The van der Waals surface area contributed by atoms with Gasteiger partial charge in [-0.25, -0.2) is 9.59 Å². The SMILES string of the molecule is CC1C(C)[C@@]23O[C@@H]2[C@]2(O)O[C@]4(CC[C@@](C)(COC(=O)c5ccccc5)O4)[C@@H](C)[C@@H]2[C@@]3(C)[C@@H]1OC(=O)c1ccccc1. The van der Waals surface area contributed by atoms with Crippen molar-refractivity contribution in [1.29, 1.82) is 0 Å². The molecule has 5 fully saturated rings. The average molecular weight is 563 g/mol. The fraction of sp³-hybridized carbons (Fsp3) is 0.576. The lowest BCUT2D eigenvalue weighted by Crippen LogP contribution is -2.51. The van der Waals surface area contributed by atoms with Crippen LogP contribution in [0.25, 0.3) is 0 Å². The highest BCUT2D eigenvalue weighted by molar-refractivity contribution is 5.90. The summed E-state index contributed by atoms with van der Waals surface area (Å²) in [5.41, 5.74) is -1.18. The summed E-state index contributed by atoms with van der Waals surface area (Å²) >= 11 is 0. The summed E-state index contributed by atoms with van der Waals surface area (Å²) in [4.78, 5) is 25.9. The Morgan fingerprint density at radius 3 is 2.12 bits per heavy atom. The predicted molar refractivity (Wildman–Crippen MR) is 147 cm³/mol. The van der Waals surface area contributed by atoms with Crippen LogP contribution in [-0.4, -0.2) is 58.6 Å². The van der Waals surface area contributed by atoms with Gasteiger partial charge in [0.15, 0.2) is 5.79 Å². The molecule has 2 aromatic carbocycles. The van der Waals surface area contributed by atoms with Crippen molar-refractivity contribution in [2.45, 2.75) is 82.4 Å². The van der Waals surface area contributed by atoms with Gasteiger partial charge in [-0.3, -0.25) is 0 Å². The van der Waals surface area contributed by atoms with Gasteiger partial charge in [0, 0.05) is 23.7 Å². The number of hydrogen-bond acceptors (Lipinski definition) is 8. The lowest BCUT2D eigenvalue weighted by molar-refractivity contribution is -0.327. The Bertz CT molecular complexity index is 1380. The van der Waals surface area contributed by atoms with Gasteiger partial charge in [-0.2, -0.15) is 0 Å². The van der Waals surface area contributed by atoms with E-state index in [1.54, 1.807) is 36.4 Å². The molecule has 41 heavy (non-hydrogen) atoms. The first kappa shape index (κ1) is 27.1. The van der Waals surface area contributed by atoms with Crippen molar-refractivity contribution in [3.8, 4) is 0 Å².